The predicted molar refractivity (Wildman–Crippen MR) is 445 cm³/mol. The minimum Gasteiger partial charge on any atom is -0.396 e. The lowest BCUT2D eigenvalue weighted by Crippen LogP contribution is -2.66. The number of Topliss-reactive ketones (excluding diaryl/α,β-unsaturated/α-hetero) is 1. The molecule has 0 amide bonds. The van der Waals surface area contributed by atoms with E-state index in [-0.39, 0.29) is 109 Å². The predicted octanol–water partition coefficient (Wildman–Crippen LogP) is 23.3. The van der Waals surface area contributed by atoms with Gasteiger partial charge in [0.15, 0.2) is 24.1 Å². The Morgan fingerprint density at radius 1 is 0.423 bits per heavy atom. The molecule has 17 aliphatic rings. The zero-order chi connectivity index (χ0) is 79.0. The van der Waals surface area contributed by atoms with Crippen LogP contribution < -0.4 is 0 Å². The maximum atomic E-state index is 13.1. The van der Waals surface area contributed by atoms with Crippen LogP contribution >= 0.6 is 0 Å². The Balaban J connectivity index is 0.000000138. The van der Waals surface area contributed by atoms with E-state index >= 15 is 0 Å². The number of aliphatic hydroxyl groups is 1. The van der Waals surface area contributed by atoms with Crippen LogP contribution in [0.5, 0.6) is 0 Å². The van der Waals surface area contributed by atoms with Gasteiger partial charge < -0.3 is 24.1 Å². The van der Waals surface area contributed by atoms with Crippen LogP contribution in [0.25, 0.3) is 0 Å². The standard InChI is InChI=1S/C35H52O4.C35H56O3.C30H44O3.CH4/c1-23(21-36)24-12-17-35(22-39-29-9-7-8-20-38-29)19-18-33(5)25(30(24)35)10-11-27-32(4)15-14-28(37)31(2,3)26(32)13-16-34(27,33)6;1-23(2)24-13-18-35(22-38-29-10-8-9-21-37-29)20-19-33(6)25(30(24)35)11-12-27-32(5)16-15-28(36)31(3,4)26(32)14-17-34(27,33)7;1-19(17-31)20-9-14-30(18-32)16-15-28(5)21(25(20)30)7-8-23-27(4)12-11-24(33)26(2,3)22(27)10-13-29(23,28)6;/h14-15,21,24-27,29-30H,1,7-13,16-20,22H2,2-6H3;24-27,29-30H,1,8-22H2,2-7H3;11-12,17,20-23,25,32H,1,7-10,13-16,18H2,2-6H3;1H4/t2*24-,25+,26-,27+,29?,30+,32-,33+,34+,35+;20-,21+,22-,23+,25+,27-,28+,29+,30+;/m000./s1. The first-order chi connectivity index (χ1) is 51.7. The van der Waals surface area contributed by atoms with Crippen LogP contribution in [-0.2, 0) is 42.9 Å². The highest BCUT2D eigenvalue weighted by molar-refractivity contribution is 5.96. The van der Waals surface area contributed by atoms with E-state index in [1.165, 1.54) is 121 Å². The van der Waals surface area contributed by atoms with Gasteiger partial charge >= 0.3 is 0 Å². The second-order valence-electron chi connectivity index (χ2n) is 45.9. The summed E-state index contributed by atoms with van der Waals surface area (Å²) < 4.78 is 25.2. The van der Waals surface area contributed by atoms with Gasteiger partial charge in [-0.2, -0.15) is 0 Å². The van der Waals surface area contributed by atoms with Crippen molar-refractivity contribution < 1.29 is 48.0 Å². The average Bonchev–Trinajstić information content (AvgIpc) is 1.61. The molecule has 0 spiro atoms. The summed E-state index contributed by atoms with van der Waals surface area (Å²) in [5.41, 5.74) is 4.44. The number of hydrogen-bond acceptors (Lipinski definition) is 10. The van der Waals surface area contributed by atoms with Crippen LogP contribution in [0.2, 0.25) is 0 Å². The van der Waals surface area contributed by atoms with E-state index in [1.807, 2.05) is 12.2 Å². The van der Waals surface area contributed by atoms with E-state index in [4.69, 9.17) is 18.9 Å². The van der Waals surface area contributed by atoms with E-state index in [9.17, 15) is 29.1 Å². The number of ether oxygens (including phenoxy) is 4. The summed E-state index contributed by atoms with van der Waals surface area (Å²) in [7, 11) is 0. The lowest BCUT2D eigenvalue weighted by atomic mass is 9.32. The van der Waals surface area contributed by atoms with Crippen LogP contribution in [0.4, 0.5) is 0 Å². The van der Waals surface area contributed by atoms with Gasteiger partial charge in [-0.1, -0.05) is 149 Å². The average molecular weight is 1530 g/mol. The van der Waals surface area contributed by atoms with E-state index in [0.717, 1.165) is 152 Å². The molecule has 17 rings (SSSR count). The molecule has 0 aromatic carbocycles. The number of hydrogen-bond donors (Lipinski definition) is 1. The second-order valence-corrected chi connectivity index (χ2v) is 45.9. The first-order valence-electron chi connectivity index (χ1n) is 45.7. The van der Waals surface area contributed by atoms with Gasteiger partial charge in [-0.05, 0) is 383 Å². The van der Waals surface area contributed by atoms with Crippen LogP contribution in [0.1, 0.15) is 324 Å². The summed E-state index contributed by atoms with van der Waals surface area (Å²) in [6, 6.07) is 0. The Morgan fingerprint density at radius 3 is 1.21 bits per heavy atom. The zero-order valence-electron chi connectivity index (χ0n) is 72.2. The summed E-state index contributed by atoms with van der Waals surface area (Å²) in [6.07, 6.45) is 47.7. The van der Waals surface area contributed by atoms with Gasteiger partial charge in [-0.25, -0.2) is 0 Å². The molecule has 2 saturated heterocycles. The van der Waals surface area contributed by atoms with E-state index in [1.54, 1.807) is 0 Å². The molecular formula is C101H156O10. The van der Waals surface area contributed by atoms with Crippen LogP contribution in [0, 0.1) is 170 Å². The Bertz CT molecular complexity index is 3670. The van der Waals surface area contributed by atoms with Crippen LogP contribution in [0.15, 0.2) is 60.8 Å². The Morgan fingerprint density at radius 2 is 0.802 bits per heavy atom. The third-order valence-electron chi connectivity index (χ3n) is 41.7. The summed E-state index contributed by atoms with van der Waals surface area (Å²) in [4.78, 5) is 62.7. The number of carbonyl (C=O) groups excluding carboxylic acids is 5. The van der Waals surface area contributed by atoms with Gasteiger partial charge in [0.2, 0.25) is 0 Å². The molecular weight excluding hydrogens is 1370 g/mol. The number of rotatable bonds is 12. The molecule has 2 aliphatic heterocycles. The number of ketones is 3. The summed E-state index contributed by atoms with van der Waals surface area (Å²) >= 11 is 0. The number of carbonyl (C=O) groups is 5. The maximum absolute atomic E-state index is 13.1. The molecule has 2 heterocycles. The second kappa shape index (κ2) is 29.1. The first kappa shape index (κ1) is 84.3. The van der Waals surface area contributed by atoms with Gasteiger partial charge in [0, 0.05) is 42.5 Å². The Kier molecular flexibility index (Phi) is 22.1. The van der Waals surface area contributed by atoms with Gasteiger partial charge in [-0.3, -0.25) is 24.0 Å². The van der Waals surface area contributed by atoms with E-state index < -0.39 is 0 Å². The quantitative estimate of drug-likeness (QED) is 0.114. The first-order valence-corrected chi connectivity index (χ1v) is 45.7. The fourth-order valence-electron chi connectivity index (χ4n) is 35.1. The SMILES string of the molecule is C.C=C(C)[C@@H]1CC[C@]2(COC3CCCCO3)CC[C@]3(C)[C@H](CC[C@@H]4[C@@]5(C)CCC(=O)C(C)(C)[C@@H]5CC[C@]43C)[C@@H]12.C=C(C=O)[C@@H]1CC[C@]2(CO)CC[C@]3(C)[C@H](CC[C@@H]4[C@@]5(C)C=CC(=O)C(C)(C)[C@@H]5CC[C@]43C)[C@@H]12.C=C(C=O)[C@@H]1CC[C@]2(COC3CCCCO3)CC[C@]3(C)[C@H](CC[C@@H]4[C@@]5(C)C=CC(=O)C(C)(C)[C@@H]5CC[C@]43C)[C@@H]12. The molecule has 10 heteroatoms. The summed E-state index contributed by atoms with van der Waals surface area (Å²) in [5.74, 6) is 8.76. The number of aldehydes is 2. The van der Waals surface area contributed by atoms with Crippen molar-refractivity contribution in [2.75, 3.05) is 33.0 Å². The smallest absolute Gasteiger partial charge is 0.161 e. The molecule has 0 aromatic heterocycles. The monoisotopic (exact) mass is 1530 g/mol. The fourth-order valence-corrected chi connectivity index (χ4v) is 35.1. The van der Waals surface area contributed by atoms with Crippen molar-refractivity contribution in [3.63, 3.8) is 0 Å². The molecule has 620 valence electrons. The molecule has 0 bridgehead atoms. The van der Waals surface area contributed by atoms with Gasteiger partial charge in [0.25, 0.3) is 0 Å². The van der Waals surface area contributed by atoms with Gasteiger partial charge in [-0.15, -0.1) is 0 Å². The highest BCUT2D eigenvalue weighted by atomic mass is 16.7. The molecule has 15 fully saturated rings. The normalized spacial score (nSPS) is 51.0. The van der Waals surface area contributed by atoms with Crippen molar-refractivity contribution in [1.29, 1.82) is 0 Å². The Hall–Kier alpha value is -3.15. The minimum absolute atomic E-state index is 0. The minimum atomic E-state index is -0.292. The summed E-state index contributed by atoms with van der Waals surface area (Å²) in [6.45, 7) is 55.4. The van der Waals surface area contributed by atoms with Crippen LogP contribution in [-0.4, -0.2) is 80.6 Å². The van der Waals surface area contributed by atoms with Crippen molar-refractivity contribution in [3.8, 4) is 0 Å². The number of fused-ring (bicyclic) bond motifs is 21. The molecule has 111 heavy (non-hydrogen) atoms. The Labute approximate surface area is 674 Å². The third-order valence-corrected chi connectivity index (χ3v) is 41.7. The maximum Gasteiger partial charge on any atom is 0.161 e. The van der Waals surface area contributed by atoms with Crippen molar-refractivity contribution in [2.45, 2.75) is 336 Å². The molecule has 0 radical (unpaired) electrons. The van der Waals surface area contributed by atoms with Crippen molar-refractivity contribution in [1.82, 2.24) is 0 Å². The molecule has 10 nitrogen and oxygen atoms in total. The van der Waals surface area contributed by atoms with Crippen LogP contribution in [0.3, 0.4) is 0 Å². The highest BCUT2D eigenvalue weighted by Crippen LogP contribution is 2.82. The van der Waals surface area contributed by atoms with Gasteiger partial charge in [0.05, 0.1) is 13.2 Å². The topological polar surface area (TPSA) is 142 Å². The fraction of sp³-hybridized carbons (Fsp3) is 0.851. The van der Waals surface area contributed by atoms with Crippen molar-refractivity contribution >= 4 is 29.9 Å². The molecule has 0 aromatic rings. The van der Waals surface area contributed by atoms with E-state index in [2.05, 4.69) is 143 Å². The molecule has 1 N–H and O–H groups in total. The largest absolute Gasteiger partial charge is 0.396 e. The molecule has 13 saturated carbocycles. The molecule has 15 aliphatic carbocycles. The van der Waals surface area contributed by atoms with E-state index in [0.29, 0.717) is 93.3 Å². The number of aliphatic hydroxyl groups excluding tert-OH is 1. The molecule has 29 atom stereocenters. The lowest BCUT2D eigenvalue weighted by Gasteiger charge is -2.72. The zero-order valence-corrected chi connectivity index (χ0v) is 72.2. The number of allylic oxidation sites excluding steroid dienone is 7. The summed E-state index contributed by atoms with van der Waals surface area (Å²) in [5, 5.41) is 10.6. The lowest BCUT2D eigenvalue weighted by molar-refractivity contribution is -0.245. The molecule has 2 unspecified atom stereocenters. The van der Waals surface area contributed by atoms with Gasteiger partial charge in [0.1, 0.15) is 18.4 Å². The van der Waals surface area contributed by atoms with Crippen molar-refractivity contribution in [3.05, 3.63) is 60.8 Å². The third kappa shape index (κ3) is 12.2. The van der Waals surface area contributed by atoms with Crippen molar-refractivity contribution in [2.24, 2.45) is 170 Å². The highest BCUT2D eigenvalue weighted by Gasteiger charge is 2.75.